The van der Waals surface area contributed by atoms with Gasteiger partial charge in [-0.05, 0) is 31.9 Å². The molecule has 5 nitrogen and oxygen atoms in total. The molecule has 1 aromatic carbocycles. The maximum atomic E-state index is 12.2. The Balaban J connectivity index is 1.58. The summed E-state index contributed by atoms with van der Waals surface area (Å²) in [5.41, 5.74) is 4.14. The second-order valence-corrected chi connectivity index (χ2v) is 7.21. The Morgan fingerprint density at radius 1 is 1.20 bits per heavy atom. The van der Waals surface area contributed by atoms with E-state index in [1.165, 1.54) is 37.7 Å². The van der Waals surface area contributed by atoms with E-state index in [2.05, 4.69) is 28.0 Å². The van der Waals surface area contributed by atoms with E-state index in [9.17, 15) is 4.79 Å². The number of hydrogen-bond acceptors (Lipinski definition) is 3. The van der Waals surface area contributed by atoms with Crippen LogP contribution in [0.4, 0.5) is 5.69 Å². The van der Waals surface area contributed by atoms with Gasteiger partial charge in [0.1, 0.15) is 0 Å². The smallest absolute Gasteiger partial charge is 0.253 e. The summed E-state index contributed by atoms with van der Waals surface area (Å²) in [6.45, 7) is 4.38. The second-order valence-electron chi connectivity index (χ2n) is 7.21. The summed E-state index contributed by atoms with van der Waals surface area (Å²) in [5, 5.41) is 7.79. The van der Waals surface area contributed by atoms with Crippen molar-refractivity contribution >= 4 is 11.6 Å². The number of aromatic nitrogens is 2. The molecule has 0 saturated heterocycles. The van der Waals surface area contributed by atoms with Crippen molar-refractivity contribution in [1.29, 1.82) is 0 Å². The largest absolute Gasteiger partial charge is 0.365 e. The van der Waals surface area contributed by atoms with E-state index in [-0.39, 0.29) is 5.91 Å². The quantitative estimate of drug-likeness (QED) is 0.932. The van der Waals surface area contributed by atoms with Crippen molar-refractivity contribution in [3.05, 3.63) is 47.3 Å². The zero-order valence-corrected chi connectivity index (χ0v) is 14.9. The lowest BCUT2D eigenvalue weighted by Crippen LogP contribution is -2.29. The average molecular weight is 338 g/mol. The molecule has 5 heteroatoms. The molecule has 2 aliphatic rings. The van der Waals surface area contributed by atoms with Crippen LogP contribution in [-0.2, 0) is 6.54 Å². The lowest BCUT2D eigenvalue weighted by Gasteiger charge is -2.24. The van der Waals surface area contributed by atoms with Crippen LogP contribution < -0.4 is 10.2 Å². The molecular formula is C20H26N4O. The van der Waals surface area contributed by atoms with E-state index in [1.54, 1.807) is 0 Å². The highest BCUT2D eigenvalue weighted by Crippen LogP contribution is 2.29. The number of para-hydroxylation sites is 1. The number of anilines is 1. The first-order chi connectivity index (χ1) is 12.2. The first-order valence-corrected chi connectivity index (χ1v) is 9.39. The highest BCUT2D eigenvalue weighted by atomic mass is 16.1. The summed E-state index contributed by atoms with van der Waals surface area (Å²) in [6.07, 6.45) is 8.69. The molecule has 1 saturated carbocycles. The number of nitrogens with zero attached hydrogens (tertiary/aromatic N) is 3. The van der Waals surface area contributed by atoms with Gasteiger partial charge >= 0.3 is 0 Å². The number of fused-ring (bicyclic) bond motifs is 1. The van der Waals surface area contributed by atoms with E-state index >= 15 is 0 Å². The van der Waals surface area contributed by atoms with Crippen LogP contribution in [-0.4, -0.2) is 28.8 Å². The third kappa shape index (κ3) is 3.28. The first kappa shape index (κ1) is 16.2. The van der Waals surface area contributed by atoms with Crippen molar-refractivity contribution in [2.24, 2.45) is 0 Å². The fourth-order valence-corrected chi connectivity index (χ4v) is 4.04. The van der Waals surface area contributed by atoms with Gasteiger partial charge in [0.05, 0.1) is 17.3 Å². The van der Waals surface area contributed by atoms with E-state index in [0.717, 1.165) is 30.0 Å². The lowest BCUT2D eigenvalue weighted by molar-refractivity contribution is 0.0958. The minimum Gasteiger partial charge on any atom is -0.365 e. The first-order valence-electron chi connectivity index (χ1n) is 9.39. The molecule has 25 heavy (non-hydrogen) atoms. The summed E-state index contributed by atoms with van der Waals surface area (Å²) >= 11 is 0. The Kier molecular flexibility index (Phi) is 4.47. The third-order valence-electron chi connectivity index (χ3n) is 5.48. The van der Waals surface area contributed by atoms with E-state index in [4.69, 9.17) is 5.10 Å². The molecule has 1 N–H and O–H groups in total. The molecule has 0 atom stereocenters. The maximum absolute atomic E-state index is 12.2. The van der Waals surface area contributed by atoms with Crippen LogP contribution in [0.1, 0.15) is 59.8 Å². The van der Waals surface area contributed by atoms with Gasteiger partial charge in [0.25, 0.3) is 5.91 Å². The summed E-state index contributed by atoms with van der Waals surface area (Å²) in [7, 11) is 0. The van der Waals surface area contributed by atoms with Crippen LogP contribution in [0.5, 0.6) is 0 Å². The van der Waals surface area contributed by atoms with Gasteiger partial charge in [0.15, 0.2) is 0 Å². The molecule has 0 radical (unpaired) electrons. The van der Waals surface area contributed by atoms with Gasteiger partial charge in [0.2, 0.25) is 0 Å². The van der Waals surface area contributed by atoms with Crippen LogP contribution in [0.2, 0.25) is 0 Å². The highest BCUT2D eigenvalue weighted by molar-refractivity contribution is 6.00. The third-order valence-corrected chi connectivity index (χ3v) is 5.48. The minimum absolute atomic E-state index is 0.0210. The monoisotopic (exact) mass is 338 g/mol. The fraction of sp³-hybridized carbons (Fsp3) is 0.500. The molecule has 1 fully saturated rings. The zero-order valence-electron chi connectivity index (χ0n) is 14.9. The Hall–Kier alpha value is -2.30. The van der Waals surface area contributed by atoms with Crippen molar-refractivity contribution in [1.82, 2.24) is 15.1 Å². The Morgan fingerprint density at radius 3 is 2.84 bits per heavy atom. The summed E-state index contributed by atoms with van der Waals surface area (Å²) in [4.78, 5) is 14.5. The fourth-order valence-electron chi connectivity index (χ4n) is 4.04. The van der Waals surface area contributed by atoms with E-state index < -0.39 is 0 Å². The Morgan fingerprint density at radius 2 is 2.00 bits per heavy atom. The average Bonchev–Trinajstić information content (AvgIpc) is 2.94. The molecule has 1 aliphatic heterocycles. The number of carbonyl (C=O) groups is 1. The number of hydrogen-bond donors (Lipinski definition) is 1. The summed E-state index contributed by atoms with van der Waals surface area (Å²) in [5.74, 6) is 0.0210. The van der Waals surface area contributed by atoms with Gasteiger partial charge in [-0.15, -0.1) is 0 Å². The molecule has 132 valence electrons. The van der Waals surface area contributed by atoms with Crippen LogP contribution in [0.15, 0.2) is 30.5 Å². The van der Waals surface area contributed by atoms with E-state index in [1.807, 2.05) is 24.3 Å². The highest BCUT2D eigenvalue weighted by Gasteiger charge is 2.22. The minimum atomic E-state index is 0.0210. The molecule has 0 unspecified atom stereocenters. The molecule has 4 rings (SSSR count). The molecule has 1 aliphatic carbocycles. The molecule has 1 aromatic heterocycles. The lowest BCUT2D eigenvalue weighted by atomic mass is 9.96. The standard InChI is InChI=1S/C20H26N4O/c1-15-16(14-24(22-15)17-7-3-2-4-8-17)13-23-12-11-21-20(25)18-9-5-6-10-19(18)23/h5-6,9-10,14,17H,2-4,7-8,11-13H2,1H3,(H,21,25). The van der Waals surface area contributed by atoms with Crippen molar-refractivity contribution in [3.8, 4) is 0 Å². The number of benzene rings is 1. The van der Waals surface area contributed by atoms with Crippen LogP contribution in [0.25, 0.3) is 0 Å². The summed E-state index contributed by atoms with van der Waals surface area (Å²) in [6, 6.07) is 8.43. The predicted octanol–water partition coefficient (Wildman–Crippen LogP) is 3.45. The second kappa shape index (κ2) is 6.90. The Bertz CT molecular complexity index is 761. The van der Waals surface area contributed by atoms with Crippen molar-refractivity contribution < 1.29 is 4.79 Å². The number of carbonyl (C=O) groups excluding carboxylic acids is 1. The van der Waals surface area contributed by atoms with Crippen molar-refractivity contribution in [3.63, 3.8) is 0 Å². The Labute approximate surface area is 149 Å². The number of aryl methyl sites for hydroxylation is 1. The predicted molar refractivity (Wildman–Crippen MR) is 98.9 cm³/mol. The molecular weight excluding hydrogens is 312 g/mol. The molecule has 0 bridgehead atoms. The van der Waals surface area contributed by atoms with Gasteiger partial charge < -0.3 is 10.2 Å². The van der Waals surface area contributed by atoms with Crippen molar-refractivity contribution in [2.45, 2.75) is 51.6 Å². The molecule has 2 aromatic rings. The van der Waals surface area contributed by atoms with Gasteiger partial charge in [-0.3, -0.25) is 9.48 Å². The van der Waals surface area contributed by atoms with Crippen LogP contribution in [0, 0.1) is 6.92 Å². The molecule has 2 heterocycles. The normalized spacial score (nSPS) is 18.6. The van der Waals surface area contributed by atoms with Crippen molar-refractivity contribution in [2.75, 3.05) is 18.0 Å². The SMILES string of the molecule is Cc1nn(C2CCCCC2)cc1CN1CCNC(=O)c2ccccc21. The number of amides is 1. The van der Waals surface area contributed by atoms with Gasteiger partial charge in [-0.25, -0.2) is 0 Å². The zero-order chi connectivity index (χ0) is 17.2. The number of rotatable bonds is 3. The maximum Gasteiger partial charge on any atom is 0.253 e. The number of nitrogens with one attached hydrogen (secondary N) is 1. The van der Waals surface area contributed by atoms with Gasteiger partial charge in [-0.2, -0.15) is 5.10 Å². The topological polar surface area (TPSA) is 50.2 Å². The van der Waals surface area contributed by atoms with Gasteiger partial charge in [-0.1, -0.05) is 31.4 Å². The summed E-state index contributed by atoms with van der Waals surface area (Å²) < 4.78 is 2.19. The van der Waals surface area contributed by atoms with Crippen LogP contribution >= 0.6 is 0 Å². The molecule has 1 amide bonds. The molecule has 0 spiro atoms. The van der Waals surface area contributed by atoms with E-state index in [0.29, 0.717) is 12.6 Å². The van der Waals surface area contributed by atoms with Crippen LogP contribution in [0.3, 0.4) is 0 Å². The van der Waals surface area contributed by atoms with Gasteiger partial charge in [0, 0.05) is 37.1 Å².